The summed E-state index contributed by atoms with van der Waals surface area (Å²) >= 11 is 6.03. The molecule has 0 amide bonds. The van der Waals surface area contributed by atoms with E-state index in [0.717, 1.165) is 32.5 Å². The van der Waals surface area contributed by atoms with Crippen LogP contribution in [0.5, 0.6) is 5.75 Å². The Morgan fingerprint density at radius 3 is 2.72 bits per heavy atom. The van der Waals surface area contributed by atoms with Crippen molar-refractivity contribution >= 4 is 21.6 Å². The highest BCUT2D eigenvalue weighted by atomic mass is 35.5. The van der Waals surface area contributed by atoms with E-state index in [9.17, 15) is 8.42 Å². The molecule has 0 spiro atoms. The molecule has 8 heteroatoms. The van der Waals surface area contributed by atoms with Crippen molar-refractivity contribution in [2.45, 2.75) is 23.8 Å². The maximum atomic E-state index is 12.4. The number of halogens is 1. The van der Waals surface area contributed by atoms with Gasteiger partial charge in [0.05, 0.1) is 29.7 Å². The first-order valence-corrected chi connectivity index (χ1v) is 11.6. The minimum absolute atomic E-state index is 0.100. The van der Waals surface area contributed by atoms with Gasteiger partial charge in [0.1, 0.15) is 5.75 Å². The fraction of sp³-hybridized carbons (Fsp3) is 0.429. The highest BCUT2D eigenvalue weighted by Crippen LogP contribution is 2.27. The molecule has 0 aromatic heterocycles. The number of nitrogens with one attached hydrogen (secondary N) is 1. The molecule has 3 rings (SSSR count). The highest BCUT2D eigenvalue weighted by molar-refractivity contribution is 7.89. The van der Waals surface area contributed by atoms with Gasteiger partial charge in [-0.2, -0.15) is 0 Å². The van der Waals surface area contributed by atoms with Crippen molar-refractivity contribution in [2.24, 2.45) is 0 Å². The Morgan fingerprint density at radius 2 is 2.00 bits per heavy atom. The summed E-state index contributed by atoms with van der Waals surface area (Å²) in [6, 6.07) is 14.7. The summed E-state index contributed by atoms with van der Waals surface area (Å²) in [4.78, 5) is 2.51. The highest BCUT2D eigenvalue weighted by Gasteiger charge is 2.21. The summed E-state index contributed by atoms with van der Waals surface area (Å²) < 4.78 is 38.4. The van der Waals surface area contributed by atoms with E-state index < -0.39 is 10.0 Å². The van der Waals surface area contributed by atoms with Gasteiger partial charge in [0, 0.05) is 19.6 Å². The van der Waals surface area contributed by atoms with E-state index in [1.54, 1.807) is 6.07 Å². The summed E-state index contributed by atoms with van der Waals surface area (Å²) in [5.74, 6) is 0.449. The number of rotatable bonds is 9. The molecular weight excluding hydrogens is 412 g/mol. The van der Waals surface area contributed by atoms with Crippen LogP contribution in [0.2, 0.25) is 5.02 Å². The van der Waals surface area contributed by atoms with Crippen molar-refractivity contribution in [2.75, 3.05) is 39.9 Å². The Kier molecular flexibility index (Phi) is 7.91. The first-order chi connectivity index (χ1) is 14.0. The first-order valence-electron chi connectivity index (χ1n) is 9.72. The predicted octanol–water partition coefficient (Wildman–Crippen LogP) is 3.48. The smallest absolute Gasteiger partial charge is 0.240 e. The number of morpholine rings is 1. The van der Waals surface area contributed by atoms with Crippen LogP contribution < -0.4 is 9.46 Å². The van der Waals surface area contributed by atoms with Crippen molar-refractivity contribution in [1.82, 2.24) is 9.62 Å². The number of benzene rings is 2. The van der Waals surface area contributed by atoms with Crippen molar-refractivity contribution in [3.63, 3.8) is 0 Å². The fourth-order valence-corrected chi connectivity index (χ4v) is 4.76. The Morgan fingerprint density at radius 1 is 1.21 bits per heavy atom. The number of ether oxygens (including phenoxy) is 2. The van der Waals surface area contributed by atoms with Gasteiger partial charge in [-0.1, -0.05) is 41.9 Å². The van der Waals surface area contributed by atoms with E-state index >= 15 is 0 Å². The maximum absolute atomic E-state index is 12.4. The molecule has 1 N–H and O–H groups in total. The Bertz CT molecular complexity index is 893. The predicted molar refractivity (Wildman–Crippen MR) is 114 cm³/mol. The van der Waals surface area contributed by atoms with Gasteiger partial charge in [-0.05, 0) is 43.1 Å². The topological polar surface area (TPSA) is 67.9 Å². The molecule has 1 aliphatic heterocycles. The minimum Gasteiger partial charge on any atom is -0.495 e. The van der Waals surface area contributed by atoms with E-state index in [-0.39, 0.29) is 16.0 Å². The third-order valence-electron chi connectivity index (χ3n) is 4.95. The summed E-state index contributed by atoms with van der Waals surface area (Å²) in [5.41, 5.74) is 1.20. The molecule has 0 aliphatic carbocycles. The fourth-order valence-electron chi connectivity index (χ4n) is 3.34. The third kappa shape index (κ3) is 6.17. The van der Waals surface area contributed by atoms with Crippen molar-refractivity contribution in [1.29, 1.82) is 0 Å². The van der Waals surface area contributed by atoms with E-state index in [2.05, 4.69) is 21.8 Å². The summed E-state index contributed by atoms with van der Waals surface area (Å²) in [6.45, 7) is 3.78. The first kappa shape index (κ1) is 22.1. The lowest BCUT2D eigenvalue weighted by Gasteiger charge is -2.33. The number of sulfonamides is 1. The molecule has 158 valence electrons. The van der Waals surface area contributed by atoms with Gasteiger partial charge < -0.3 is 9.47 Å². The molecule has 0 bridgehead atoms. The Balaban J connectivity index is 1.42. The second-order valence-corrected chi connectivity index (χ2v) is 9.15. The molecule has 1 aliphatic rings. The molecule has 29 heavy (non-hydrogen) atoms. The van der Waals surface area contributed by atoms with Gasteiger partial charge >= 0.3 is 0 Å². The molecule has 1 unspecified atom stereocenters. The van der Waals surface area contributed by atoms with Crippen LogP contribution in [0, 0.1) is 0 Å². The van der Waals surface area contributed by atoms with Crippen LogP contribution >= 0.6 is 11.6 Å². The van der Waals surface area contributed by atoms with Gasteiger partial charge in [0.2, 0.25) is 10.0 Å². The van der Waals surface area contributed by atoms with Crippen molar-refractivity contribution in [3.8, 4) is 5.75 Å². The van der Waals surface area contributed by atoms with E-state index in [4.69, 9.17) is 21.1 Å². The molecular formula is C21H27ClN2O4S. The van der Waals surface area contributed by atoms with Gasteiger partial charge in [-0.3, -0.25) is 4.90 Å². The molecule has 1 atom stereocenters. The third-order valence-corrected chi connectivity index (χ3v) is 6.70. The van der Waals surface area contributed by atoms with Crippen LogP contribution in [0.1, 0.15) is 24.5 Å². The normalized spacial score (nSPS) is 17.9. The van der Waals surface area contributed by atoms with E-state index in [1.165, 1.54) is 24.8 Å². The summed E-state index contributed by atoms with van der Waals surface area (Å²) in [6.07, 6.45) is 1.77. The molecule has 2 aromatic rings. The lowest BCUT2D eigenvalue weighted by atomic mass is 10.1. The molecule has 0 saturated carbocycles. The zero-order valence-electron chi connectivity index (χ0n) is 16.5. The van der Waals surface area contributed by atoms with Gasteiger partial charge in [-0.15, -0.1) is 0 Å². The number of hydrogen-bond donors (Lipinski definition) is 1. The number of unbranched alkanes of at least 4 members (excludes halogenated alkanes) is 1. The van der Waals surface area contributed by atoms with E-state index in [0.29, 0.717) is 18.9 Å². The molecule has 6 nitrogen and oxygen atoms in total. The Hall–Kier alpha value is -1.64. The van der Waals surface area contributed by atoms with Crippen LogP contribution in [0.3, 0.4) is 0 Å². The van der Waals surface area contributed by atoms with Crippen LogP contribution in [0.15, 0.2) is 53.4 Å². The molecule has 1 fully saturated rings. The SMILES string of the molecule is COc1ccc(S(=O)(=O)NCCCCN2CCOC(c3ccccc3)C2)cc1Cl. The zero-order valence-corrected chi connectivity index (χ0v) is 18.1. The minimum atomic E-state index is -3.58. The van der Waals surface area contributed by atoms with E-state index in [1.807, 2.05) is 18.2 Å². The molecule has 2 aromatic carbocycles. The summed E-state index contributed by atoms with van der Waals surface area (Å²) in [7, 11) is -2.09. The largest absolute Gasteiger partial charge is 0.495 e. The van der Waals surface area contributed by atoms with Crippen molar-refractivity contribution < 1.29 is 17.9 Å². The van der Waals surface area contributed by atoms with Gasteiger partial charge in [0.15, 0.2) is 0 Å². The molecule has 1 heterocycles. The van der Waals surface area contributed by atoms with Crippen LogP contribution in [-0.4, -0.2) is 53.2 Å². The van der Waals surface area contributed by atoms with Crippen molar-refractivity contribution in [3.05, 3.63) is 59.1 Å². The quantitative estimate of drug-likeness (QED) is 0.607. The number of methoxy groups -OCH3 is 1. The zero-order chi connectivity index (χ0) is 20.7. The number of hydrogen-bond acceptors (Lipinski definition) is 5. The van der Waals surface area contributed by atoms with Crippen LogP contribution in [0.25, 0.3) is 0 Å². The summed E-state index contributed by atoms with van der Waals surface area (Å²) in [5, 5.41) is 0.274. The average molecular weight is 439 g/mol. The van der Waals surface area contributed by atoms with Gasteiger partial charge in [-0.25, -0.2) is 13.1 Å². The van der Waals surface area contributed by atoms with Crippen LogP contribution in [0.4, 0.5) is 0 Å². The monoisotopic (exact) mass is 438 g/mol. The second kappa shape index (κ2) is 10.4. The maximum Gasteiger partial charge on any atom is 0.240 e. The average Bonchev–Trinajstić information content (AvgIpc) is 2.74. The lowest BCUT2D eigenvalue weighted by molar-refractivity contribution is -0.0303. The number of nitrogens with zero attached hydrogens (tertiary/aromatic N) is 1. The standard InChI is InChI=1S/C21H27ClN2O4S/c1-27-20-10-9-18(15-19(20)22)29(25,26)23-11-5-6-12-24-13-14-28-21(16-24)17-7-3-2-4-8-17/h2-4,7-10,15,21,23H,5-6,11-14,16H2,1H3. The Labute approximate surface area is 177 Å². The molecule has 1 saturated heterocycles. The molecule has 0 radical (unpaired) electrons. The van der Waals surface area contributed by atoms with Gasteiger partial charge in [0.25, 0.3) is 0 Å². The second-order valence-electron chi connectivity index (χ2n) is 6.97. The lowest BCUT2D eigenvalue weighted by Crippen LogP contribution is -2.39. The van der Waals surface area contributed by atoms with Crippen LogP contribution in [-0.2, 0) is 14.8 Å².